The number of aliphatic hydroxyl groups excluding tert-OH is 1. The van der Waals surface area contributed by atoms with E-state index in [9.17, 15) is 19.5 Å². The smallest absolute Gasteiger partial charge is 0.407 e. The molecule has 0 spiro atoms. The van der Waals surface area contributed by atoms with Crippen molar-refractivity contribution in [3.63, 3.8) is 0 Å². The lowest BCUT2D eigenvalue weighted by molar-refractivity contribution is -0.124. The maximum atomic E-state index is 13.9. The van der Waals surface area contributed by atoms with Gasteiger partial charge in [0, 0.05) is 24.5 Å². The van der Waals surface area contributed by atoms with Gasteiger partial charge in [0.1, 0.15) is 11.0 Å². The Hall–Kier alpha value is -5.01. The van der Waals surface area contributed by atoms with Crippen molar-refractivity contribution in [1.29, 1.82) is 0 Å². The Kier molecular flexibility index (Phi) is 15.0. The van der Waals surface area contributed by atoms with Gasteiger partial charge in [0.2, 0.25) is 5.91 Å². The van der Waals surface area contributed by atoms with E-state index in [1.807, 2.05) is 101 Å². The van der Waals surface area contributed by atoms with E-state index in [4.69, 9.17) is 9.26 Å². The molecular weight excluding hydrogens is 681 g/mol. The lowest BCUT2D eigenvalue weighted by Gasteiger charge is -2.30. The topological polar surface area (TPSA) is 159 Å². The van der Waals surface area contributed by atoms with Crippen molar-refractivity contribution in [3.8, 4) is 0 Å². The largest absolute Gasteiger partial charge is 0.441 e. The van der Waals surface area contributed by atoms with Crippen molar-refractivity contribution in [1.82, 2.24) is 31.0 Å². The lowest BCUT2D eigenvalue weighted by Crippen LogP contribution is -2.55. The second-order valence-corrected chi connectivity index (χ2v) is 14.3. The Morgan fingerprint density at radius 2 is 1.58 bits per heavy atom. The van der Waals surface area contributed by atoms with Crippen LogP contribution >= 0.6 is 11.3 Å². The minimum atomic E-state index is -1.08. The number of alkyl carbamates (subject to hydrolysis) is 1. The molecule has 13 heteroatoms. The fraction of sp³-hybridized carbons (Fsp3) is 0.410. The molecule has 0 bridgehead atoms. The van der Waals surface area contributed by atoms with Crippen molar-refractivity contribution in [2.45, 2.75) is 91.3 Å². The molecule has 2 aromatic heterocycles. The third kappa shape index (κ3) is 12.3. The highest BCUT2D eigenvalue weighted by molar-refractivity contribution is 7.10. The van der Waals surface area contributed by atoms with Gasteiger partial charge in [0.15, 0.2) is 12.4 Å². The van der Waals surface area contributed by atoms with Crippen LogP contribution in [0.4, 0.5) is 9.59 Å². The number of allylic oxidation sites excluding steroid dienone is 2. The fourth-order valence-electron chi connectivity index (χ4n) is 5.49. The first-order valence-electron chi connectivity index (χ1n) is 17.4. The van der Waals surface area contributed by atoms with Crippen molar-refractivity contribution < 1.29 is 28.8 Å². The SMILES string of the molecule is CC(C)=C(C)c1nc(CN(C)C(=O)N[C@H](C(=O)N[C@@H](Cc2ccccc2)C[C@H](O)[C@H](Cc2ccccc2)NC(=O)OCc2ccno2)C(C)C)cs1. The number of aromatic nitrogens is 2. The summed E-state index contributed by atoms with van der Waals surface area (Å²) in [6, 6.07) is 18.2. The maximum absolute atomic E-state index is 13.9. The van der Waals surface area contributed by atoms with E-state index < -0.39 is 36.4 Å². The van der Waals surface area contributed by atoms with Gasteiger partial charge in [-0.25, -0.2) is 14.6 Å². The zero-order valence-corrected chi connectivity index (χ0v) is 31.5. The summed E-state index contributed by atoms with van der Waals surface area (Å²) >= 11 is 1.53. The predicted molar refractivity (Wildman–Crippen MR) is 201 cm³/mol. The van der Waals surface area contributed by atoms with Crippen LogP contribution in [0.15, 0.2) is 88.4 Å². The summed E-state index contributed by atoms with van der Waals surface area (Å²) in [7, 11) is 1.67. The highest BCUT2D eigenvalue weighted by Gasteiger charge is 2.31. The highest BCUT2D eigenvalue weighted by Crippen LogP contribution is 2.22. The molecule has 0 saturated heterocycles. The molecule has 0 radical (unpaired) electrons. The summed E-state index contributed by atoms with van der Waals surface area (Å²) in [6.45, 7) is 10.0. The number of ether oxygens (including phenoxy) is 1. The van der Waals surface area contributed by atoms with Gasteiger partial charge in [-0.15, -0.1) is 11.3 Å². The molecule has 4 aromatic rings. The number of thiazole rings is 1. The molecular formula is C39H50N6O6S. The van der Waals surface area contributed by atoms with Gasteiger partial charge in [0.05, 0.1) is 30.6 Å². The zero-order chi connectivity index (χ0) is 37.6. The summed E-state index contributed by atoms with van der Waals surface area (Å²) < 4.78 is 10.3. The number of hydrogen-bond donors (Lipinski definition) is 4. The minimum absolute atomic E-state index is 0.108. The number of nitrogens with one attached hydrogen (secondary N) is 3. The van der Waals surface area contributed by atoms with Crippen LogP contribution in [0.25, 0.3) is 5.57 Å². The summed E-state index contributed by atoms with van der Waals surface area (Å²) in [5, 5.41) is 27.0. The van der Waals surface area contributed by atoms with E-state index >= 15 is 0 Å². The van der Waals surface area contributed by atoms with Crippen LogP contribution < -0.4 is 16.0 Å². The van der Waals surface area contributed by atoms with Crippen molar-refractivity contribution in [3.05, 3.63) is 111 Å². The molecule has 0 aliphatic rings. The highest BCUT2D eigenvalue weighted by atomic mass is 32.1. The molecule has 2 aromatic carbocycles. The Morgan fingerprint density at radius 1 is 0.923 bits per heavy atom. The van der Waals surface area contributed by atoms with Gasteiger partial charge >= 0.3 is 12.1 Å². The van der Waals surface area contributed by atoms with Crippen LogP contribution in [0.2, 0.25) is 0 Å². The van der Waals surface area contributed by atoms with Gasteiger partial charge < -0.3 is 35.2 Å². The maximum Gasteiger partial charge on any atom is 0.407 e. The normalized spacial score (nSPS) is 13.4. The number of rotatable bonds is 17. The quantitative estimate of drug-likeness (QED) is 0.101. The molecule has 0 unspecified atom stereocenters. The summed E-state index contributed by atoms with van der Waals surface area (Å²) in [4.78, 5) is 46.3. The number of urea groups is 1. The standard InChI is InChI=1S/C39H50N6O6S/c1-25(2)27(5)37-42-31(24-52-37)22-45(6)38(48)44-35(26(3)4)36(47)41-30(19-28-13-9-7-10-14-28)21-34(46)33(20-29-15-11-8-12-16-29)43-39(49)50-23-32-17-18-40-51-32/h7-18,24,26,30,33-35,46H,19-23H2,1-6H3,(H,41,47)(H,43,49)(H,44,48)/t30-,33-,34-,35-/m0/s1. The number of aliphatic hydroxyl groups is 1. The first-order chi connectivity index (χ1) is 24.9. The zero-order valence-electron chi connectivity index (χ0n) is 30.7. The predicted octanol–water partition coefficient (Wildman–Crippen LogP) is 6.13. The molecule has 0 aliphatic carbocycles. The molecule has 4 N–H and O–H groups in total. The summed E-state index contributed by atoms with van der Waals surface area (Å²) in [5.41, 5.74) is 4.91. The molecule has 0 fully saturated rings. The molecule has 278 valence electrons. The van der Waals surface area contributed by atoms with Crippen molar-refractivity contribution in [2.75, 3.05) is 7.05 Å². The Labute approximate surface area is 309 Å². The van der Waals surface area contributed by atoms with Gasteiger partial charge in [-0.05, 0) is 62.7 Å². The van der Waals surface area contributed by atoms with Gasteiger partial charge in [-0.3, -0.25) is 4.79 Å². The van der Waals surface area contributed by atoms with E-state index in [0.717, 1.165) is 27.4 Å². The van der Waals surface area contributed by atoms with Crippen LogP contribution in [0, 0.1) is 5.92 Å². The van der Waals surface area contributed by atoms with Crippen LogP contribution in [0.3, 0.4) is 0 Å². The Morgan fingerprint density at radius 3 is 2.17 bits per heavy atom. The summed E-state index contributed by atoms with van der Waals surface area (Å²) in [6.07, 6.45) is 0.481. The second kappa shape index (κ2) is 19.6. The number of benzene rings is 2. The molecule has 52 heavy (non-hydrogen) atoms. The molecule has 0 aliphatic heterocycles. The molecule has 4 atom stereocenters. The van der Waals surface area contributed by atoms with Gasteiger partial charge in [0.25, 0.3) is 0 Å². The molecule has 12 nitrogen and oxygen atoms in total. The van der Waals surface area contributed by atoms with Crippen LogP contribution in [0.1, 0.15) is 68.6 Å². The average Bonchev–Trinajstić information content (AvgIpc) is 3.82. The number of amides is 4. The van der Waals surface area contributed by atoms with E-state index in [1.54, 1.807) is 13.1 Å². The van der Waals surface area contributed by atoms with Crippen molar-refractivity contribution in [2.24, 2.45) is 5.92 Å². The Bertz CT molecular complexity index is 1740. The molecule has 2 heterocycles. The molecule has 0 saturated carbocycles. The first-order valence-corrected chi connectivity index (χ1v) is 18.3. The van der Waals surface area contributed by atoms with E-state index in [1.165, 1.54) is 28.0 Å². The molecule has 4 rings (SSSR count). The minimum Gasteiger partial charge on any atom is -0.441 e. The number of carbonyl (C=O) groups is 3. The Balaban J connectivity index is 1.46. The fourth-order valence-corrected chi connectivity index (χ4v) is 6.42. The van der Waals surface area contributed by atoms with Gasteiger partial charge in [-0.1, -0.05) is 85.2 Å². The lowest BCUT2D eigenvalue weighted by atomic mass is 9.93. The third-order valence-corrected chi connectivity index (χ3v) is 9.71. The molecule has 4 amide bonds. The van der Waals surface area contributed by atoms with Crippen LogP contribution in [-0.4, -0.2) is 69.5 Å². The first kappa shape index (κ1) is 39.8. The second-order valence-electron chi connectivity index (χ2n) is 13.5. The van der Waals surface area contributed by atoms with Crippen molar-refractivity contribution >= 4 is 34.9 Å². The van der Waals surface area contributed by atoms with E-state index in [-0.39, 0.29) is 31.4 Å². The van der Waals surface area contributed by atoms with Crippen LogP contribution in [-0.2, 0) is 35.5 Å². The average molecular weight is 731 g/mol. The van der Waals surface area contributed by atoms with E-state index in [2.05, 4.69) is 26.1 Å². The number of hydrogen-bond acceptors (Lipinski definition) is 9. The van der Waals surface area contributed by atoms with E-state index in [0.29, 0.717) is 18.6 Å². The van der Waals surface area contributed by atoms with Crippen LogP contribution in [0.5, 0.6) is 0 Å². The third-order valence-electron chi connectivity index (χ3n) is 8.70. The number of carbonyl (C=O) groups excluding carboxylic acids is 3. The number of nitrogens with zero attached hydrogens (tertiary/aromatic N) is 3. The monoisotopic (exact) mass is 730 g/mol. The van der Waals surface area contributed by atoms with Gasteiger partial charge in [-0.2, -0.15) is 0 Å². The summed E-state index contributed by atoms with van der Waals surface area (Å²) in [5.74, 6) is -0.234.